The van der Waals surface area contributed by atoms with E-state index < -0.39 is 0 Å². The number of rotatable bonds is 2. The van der Waals surface area contributed by atoms with Gasteiger partial charge in [0.05, 0.1) is 17.9 Å². The van der Waals surface area contributed by atoms with E-state index in [1.165, 1.54) is 11.1 Å². The molecule has 0 saturated carbocycles. The molecule has 0 bridgehead atoms. The summed E-state index contributed by atoms with van der Waals surface area (Å²) in [6.45, 7) is 0. The standard InChI is InChI=1S/C15H15BrN2O/c16-15-7-4-11(9-17-15)18-14-3-1-2-10-8-12(19)5-6-13(10)14/h4-9,14,18-19H,1-3H2. The van der Waals surface area contributed by atoms with Crippen molar-refractivity contribution in [1.29, 1.82) is 0 Å². The molecule has 1 atom stereocenters. The molecule has 98 valence electrons. The largest absolute Gasteiger partial charge is 0.508 e. The number of hydrogen-bond acceptors (Lipinski definition) is 3. The lowest BCUT2D eigenvalue weighted by Crippen LogP contribution is -2.17. The topological polar surface area (TPSA) is 45.1 Å². The van der Waals surface area contributed by atoms with Crippen LogP contribution in [0.5, 0.6) is 5.75 Å². The van der Waals surface area contributed by atoms with E-state index in [1.807, 2.05) is 30.5 Å². The fraction of sp³-hybridized carbons (Fsp3) is 0.267. The molecule has 0 amide bonds. The lowest BCUT2D eigenvalue weighted by atomic mass is 9.87. The number of benzene rings is 1. The van der Waals surface area contributed by atoms with E-state index in [9.17, 15) is 5.11 Å². The summed E-state index contributed by atoms with van der Waals surface area (Å²) in [5.74, 6) is 0.352. The summed E-state index contributed by atoms with van der Waals surface area (Å²) in [5.41, 5.74) is 3.55. The molecule has 0 spiro atoms. The minimum atomic E-state index is 0.298. The van der Waals surface area contributed by atoms with Crippen LogP contribution < -0.4 is 5.32 Å². The first-order valence-corrected chi connectivity index (χ1v) is 7.21. The summed E-state index contributed by atoms with van der Waals surface area (Å²) >= 11 is 3.34. The molecule has 1 heterocycles. The van der Waals surface area contributed by atoms with E-state index in [0.29, 0.717) is 11.8 Å². The second kappa shape index (κ2) is 5.21. The van der Waals surface area contributed by atoms with Gasteiger partial charge in [0.2, 0.25) is 0 Å². The number of hydrogen-bond donors (Lipinski definition) is 2. The zero-order chi connectivity index (χ0) is 13.2. The van der Waals surface area contributed by atoms with Crippen LogP contribution in [-0.4, -0.2) is 10.1 Å². The Morgan fingerprint density at radius 3 is 2.95 bits per heavy atom. The van der Waals surface area contributed by atoms with E-state index in [4.69, 9.17) is 0 Å². The first-order chi connectivity index (χ1) is 9.22. The average molecular weight is 319 g/mol. The molecule has 2 N–H and O–H groups in total. The Bertz CT molecular complexity index is 583. The number of nitrogens with zero attached hydrogens (tertiary/aromatic N) is 1. The molecule has 4 heteroatoms. The Hall–Kier alpha value is -1.55. The second-order valence-corrected chi connectivity index (χ2v) is 5.65. The number of phenolic OH excluding ortho intramolecular Hbond substituents is 1. The van der Waals surface area contributed by atoms with E-state index in [0.717, 1.165) is 29.6 Å². The predicted molar refractivity (Wildman–Crippen MR) is 79.3 cm³/mol. The molecule has 1 aromatic carbocycles. The van der Waals surface area contributed by atoms with Gasteiger partial charge in [0, 0.05) is 0 Å². The van der Waals surface area contributed by atoms with Gasteiger partial charge >= 0.3 is 0 Å². The highest BCUT2D eigenvalue weighted by Gasteiger charge is 2.20. The van der Waals surface area contributed by atoms with Gasteiger partial charge in [-0.15, -0.1) is 0 Å². The number of phenols is 1. The van der Waals surface area contributed by atoms with Crippen LogP contribution in [0.15, 0.2) is 41.1 Å². The number of pyridine rings is 1. The molecule has 0 radical (unpaired) electrons. The zero-order valence-electron chi connectivity index (χ0n) is 10.4. The molecule has 1 unspecified atom stereocenters. The van der Waals surface area contributed by atoms with E-state index in [1.54, 1.807) is 6.07 Å². The van der Waals surface area contributed by atoms with Crippen molar-refractivity contribution in [3.63, 3.8) is 0 Å². The Balaban J connectivity index is 1.85. The number of aromatic hydroxyl groups is 1. The summed E-state index contributed by atoms with van der Waals surface area (Å²) in [4.78, 5) is 4.23. The number of anilines is 1. The van der Waals surface area contributed by atoms with Crippen molar-refractivity contribution in [3.8, 4) is 5.75 Å². The third-order valence-corrected chi connectivity index (χ3v) is 3.98. The number of fused-ring (bicyclic) bond motifs is 1. The molecule has 1 aliphatic carbocycles. The smallest absolute Gasteiger partial charge is 0.115 e. The molecule has 3 rings (SSSR count). The molecule has 0 aliphatic heterocycles. The Labute approximate surface area is 120 Å². The van der Waals surface area contributed by atoms with Crippen molar-refractivity contribution < 1.29 is 5.11 Å². The molecule has 0 saturated heterocycles. The van der Waals surface area contributed by atoms with E-state index in [2.05, 4.69) is 26.2 Å². The average Bonchev–Trinajstić information content (AvgIpc) is 2.41. The Morgan fingerprint density at radius 1 is 1.26 bits per heavy atom. The third kappa shape index (κ3) is 2.73. The Kier molecular flexibility index (Phi) is 3.42. The minimum Gasteiger partial charge on any atom is -0.508 e. The summed E-state index contributed by atoms with van der Waals surface area (Å²) in [5, 5.41) is 13.1. The monoisotopic (exact) mass is 318 g/mol. The van der Waals surface area contributed by atoms with Gasteiger partial charge in [-0.25, -0.2) is 4.98 Å². The van der Waals surface area contributed by atoms with Crippen LogP contribution in [0.2, 0.25) is 0 Å². The molecule has 3 nitrogen and oxygen atoms in total. The lowest BCUT2D eigenvalue weighted by Gasteiger charge is -2.27. The molecule has 0 fully saturated rings. The molecular formula is C15H15BrN2O. The fourth-order valence-corrected chi connectivity index (χ4v) is 2.85. The predicted octanol–water partition coefficient (Wildman–Crippen LogP) is 4.04. The van der Waals surface area contributed by atoms with Crippen molar-refractivity contribution in [1.82, 2.24) is 4.98 Å². The fourth-order valence-electron chi connectivity index (χ4n) is 2.61. The van der Waals surface area contributed by atoms with Crippen molar-refractivity contribution in [2.75, 3.05) is 5.32 Å². The molecule has 2 aromatic rings. The zero-order valence-corrected chi connectivity index (χ0v) is 12.0. The molecule has 1 aliphatic rings. The van der Waals surface area contributed by atoms with Gasteiger partial charge in [-0.1, -0.05) is 6.07 Å². The van der Waals surface area contributed by atoms with E-state index in [-0.39, 0.29) is 0 Å². The summed E-state index contributed by atoms with van der Waals surface area (Å²) < 4.78 is 0.840. The van der Waals surface area contributed by atoms with Crippen LogP contribution in [0.4, 0.5) is 5.69 Å². The number of aryl methyl sites for hydroxylation is 1. The lowest BCUT2D eigenvalue weighted by molar-refractivity contribution is 0.472. The molecule has 19 heavy (non-hydrogen) atoms. The SMILES string of the molecule is Oc1ccc2c(c1)CCCC2Nc1ccc(Br)nc1. The van der Waals surface area contributed by atoms with E-state index >= 15 is 0 Å². The van der Waals surface area contributed by atoms with Crippen LogP contribution in [0.3, 0.4) is 0 Å². The van der Waals surface area contributed by atoms with Crippen LogP contribution in [0.1, 0.15) is 30.0 Å². The van der Waals surface area contributed by atoms with Crippen molar-refractivity contribution in [2.24, 2.45) is 0 Å². The third-order valence-electron chi connectivity index (χ3n) is 3.51. The van der Waals surface area contributed by atoms with Gasteiger partial charge in [0.1, 0.15) is 10.4 Å². The quantitative estimate of drug-likeness (QED) is 0.821. The van der Waals surface area contributed by atoms with Gasteiger partial charge in [-0.2, -0.15) is 0 Å². The van der Waals surface area contributed by atoms with Crippen LogP contribution in [0.25, 0.3) is 0 Å². The first kappa shape index (κ1) is 12.5. The van der Waals surface area contributed by atoms with Crippen LogP contribution in [0, 0.1) is 0 Å². The van der Waals surface area contributed by atoms with Gasteiger partial charge in [-0.3, -0.25) is 0 Å². The van der Waals surface area contributed by atoms with Crippen molar-refractivity contribution in [2.45, 2.75) is 25.3 Å². The maximum absolute atomic E-state index is 9.56. The van der Waals surface area contributed by atoms with Crippen LogP contribution >= 0.6 is 15.9 Å². The van der Waals surface area contributed by atoms with Gasteiger partial charge in [0.25, 0.3) is 0 Å². The highest BCUT2D eigenvalue weighted by atomic mass is 79.9. The summed E-state index contributed by atoms with van der Waals surface area (Å²) in [7, 11) is 0. The summed E-state index contributed by atoms with van der Waals surface area (Å²) in [6, 6.07) is 9.91. The maximum atomic E-state index is 9.56. The first-order valence-electron chi connectivity index (χ1n) is 6.42. The number of aromatic nitrogens is 1. The normalized spacial score (nSPS) is 17.8. The van der Waals surface area contributed by atoms with Gasteiger partial charge in [-0.05, 0) is 70.6 Å². The number of halogens is 1. The second-order valence-electron chi connectivity index (χ2n) is 4.84. The number of nitrogens with one attached hydrogen (secondary N) is 1. The molecular weight excluding hydrogens is 304 g/mol. The molecule has 1 aromatic heterocycles. The van der Waals surface area contributed by atoms with Gasteiger partial charge < -0.3 is 10.4 Å². The Morgan fingerprint density at radius 2 is 2.16 bits per heavy atom. The maximum Gasteiger partial charge on any atom is 0.115 e. The van der Waals surface area contributed by atoms with Crippen molar-refractivity contribution in [3.05, 3.63) is 52.3 Å². The highest BCUT2D eigenvalue weighted by molar-refractivity contribution is 9.10. The van der Waals surface area contributed by atoms with Crippen LogP contribution in [-0.2, 0) is 6.42 Å². The minimum absolute atomic E-state index is 0.298. The highest BCUT2D eigenvalue weighted by Crippen LogP contribution is 2.34. The van der Waals surface area contributed by atoms with Gasteiger partial charge in [0.15, 0.2) is 0 Å². The van der Waals surface area contributed by atoms with Crippen molar-refractivity contribution >= 4 is 21.6 Å². The summed E-state index contributed by atoms with van der Waals surface area (Å²) in [6.07, 6.45) is 5.12.